The Morgan fingerprint density at radius 1 is 1.10 bits per heavy atom. The highest BCUT2D eigenvalue weighted by atomic mass is 16.2. The second-order valence-electron chi connectivity index (χ2n) is 8.71. The summed E-state index contributed by atoms with van der Waals surface area (Å²) >= 11 is 0. The van der Waals surface area contributed by atoms with E-state index in [1.165, 1.54) is 11.1 Å². The van der Waals surface area contributed by atoms with Gasteiger partial charge >= 0.3 is 0 Å². The Bertz CT molecular complexity index is 1130. The number of para-hydroxylation sites is 1. The van der Waals surface area contributed by atoms with Crippen LogP contribution in [-0.2, 0) is 30.7 Å². The predicted molar refractivity (Wildman–Crippen MR) is 124 cm³/mol. The Balaban J connectivity index is 1.53. The van der Waals surface area contributed by atoms with Crippen molar-refractivity contribution >= 4 is 22.6 Å². The number of fused-ring (bicyclic) bond motifs is 2. The molecular weight excluding hydrogens is 386 g/mol. The van der Waals surface area contributed by atoms with Crippen LogP contribution in [0, 0.1) is 0 Å². The number of hydrogen-bond acceptors (Lipinski definition) is 3. The fourth-order valence-electron chi connectivity index (χ4n) is 4.73. The highest BCUT2D eigenvalue weighted by Gasteiger charge is 2.26. The first kappa shape index (κ1) is 21.3. The van der Waals surface area contributed by atoms with Gasteiger partial charge < -0.3 is 9.47 Å². The van der Waals surface area contributed by atoms with Gasteiger partial charge in [-0.3, -0.25) is 14.5 Å². The average Bonchev–Trinajstić information content (AvgIpc) is 3.13. The predicted octanol–water partition coefficient (Wildman–Crippen LogP) is 3.92. The van der Waals surface area contributed by atoms with Gasteiger partial charge in [0.05, 0.1) is 5.52 Å². The first-order chi connectivity index (χ1) is 14.9. The lowest BCUT2D eigenvalue weighted by Gasteiger charge is -2.36. The first-order valence-electron chi connectivity index (χ1n) is 11.0. The van der Waals surface area contributed by atoms with Crippen molar-refractivity contribution in [2.75, 3.05) is 20.6 Å². The van der Waals surface area contributed by atoms with Gasteiger partial charge in [-0.15, -0.1) is 0 Å². The summed E-state index contributed by atoms with van der Waals surface area (Å²) < 4.78 is 1.96. The van der Waals surface area contributed by atoms with Crippen LogP contribution in [0.2, 0.25) is 0 Å². The molecule has 5 nitrogen and oxygen atoms in total. The zero-order chi connectivity index (χ0) is 22.1. The van der Waals surface area contributed by atoms with Crippen molar-refractivity contribution in [2.24, 2.45) is 0 Å². The molecule has 0 saturated carbocycles. The van der Waals surface area contributed by atoms with E-state index in [0.29, 0.717) is 18.2 Å². The second kappa shape index (κ2) is 8.67. The van der Waals surface area contributed by atoms with E-state index in [4.69, 9.17) is 0 Å². The van der Waals surface area contributed by atoms with Crippen molar-refractivity contribution < 1.29 is 9.59 Å². The van der Waals surface area contributed by atoms with Crippen molar-refractivity contribution in [1.82, 2.24) is 14.4 Å². The molecule has 0 radical (unpaired) electrons. The summed E-state index contributed by atoms with van der Waals surface area (Å²) in [6, 6.07) is 14.9. The molecule has 31 heavy (non-hydrogen) atoms. The van der Waals surface area contributed by atoms with E-state index >= 15 is 0 Å². The number of aromatic nitrogens is 1. The highest BCUT2D eigenvalue weighted by Crippen LogP contribution is 2.26. The molecule has 1 aromatic heterocycles. The van der Waals surface area contributed by atoms with E-state index in [0.717, 1.165) is 35.9 Å². The third-order valence-electron chi connectivity index (χ3n) is 6.58. The zero-order valence-corrected chi connectivity index (χ0v) is 18.9. The van der Waals surface area contributed by atoms with Crippen LogP contribution in [0.25, 0.3) is 10.9 Å². The van der Waals surface area contributed by atoms with Gasteiger partial charge in [0.25, 0.3) is 0 Å². The maximum atomic E-state index is 13.2. The molecular formula is C26H31N3O2. The Morgan fingerprint density at radius 2 is 1.84 bits per heavy atom. The molecule has 4 rings (SSSR count). The Kier molecular flexibility index (Phi) is 5.96. The van der Waals surface area contributed by atoms with E-state index in [1.54, 1.807) is 6.92 Å². The number of hydrogen-bond donors (Lipinski definition) is 0. The SMILES string of the molecule is CCc1cccc2c(C(C)=O)cn(CC(=O)N(C)CC3Cc4ccccc4CN3C)c12. The highest BCUT2D eigenvalue weighted by molar-refractivity contribution is 6.07. The lowest BCUT2D eigenvalue weighted by molar-refractivity contribution is -0.131. The Labute approximate surface area is 184 Å². The summed E-state index contributed by atoms with van der Waals surface area (Å²) in [4.78, 5) is 29.5. The van der Waals surface area contributed by atoms with Gasteiger partial charge in [-0.1, -0.05) is 49.4 Å². The fraction of sp³-hybridized carbons (Fsp3) is 0.385. The molecule has 0 spiro atoms. The van der Waals surface area contributed by atoms with Gasteiger partial charge in [0.2, 0.25) is 5.91 Å². The van der Waals surface area contributed by atoms with Gasteiger partial charge in [0.1, 0.15) is 6.54 Å². The van der Waals surface area contributed by atoms with Crippen LogP contribution < -0.4 is 0 Å². The fourth-order valence-corrected chi connectivity index (χ4v) is 4.73. The number of Topliss-reactive ketones (excluding diaryl/α,β-unsaturated/α-hetero) is 1. The van der Waals surface area contributed by atoms with Gasteiger partial charge in [0, 0.05) is 43.3 Å². The summed E-state index contributed by atoms with van der Waals surface area (Å²) in [7, 11) is 4.01. The molecule has 0 N–H and O–H groups in total. The Morgan fingerprint density at radius 3 is 2.55 bits per heavy atom. The van der Waals surface area contributed by atoms with Crippen LogP contribution in [0.1, 0.15) is 40.9 Å². The third-order valence-corrected chi connectivity index (χ3v) is 6.58. The van der Waals surface area contributed by atoms with Crippen LogP contribution in [0.5, 0.6) is 0 Å². The number of carbonyl (C=O) groups is 2. The number of nitrogens with zero attached hydrogens (tertiary/aromatic N) is 3. The molecule has 1 amide bonds. The quantitative estimate of drug-likeness (QED) is 0.571. The number of benzene rings is 2. The summed E-state index contributed by atoms with van der Waals surface area (Å²) in [6.07, 6.45) is 3.65. The van der Waals surface area contributed by atoms with Crippen LogP contribution in [-0.4, -0.2) is 52.7 Å². The first-order valence-corrected chi connectivity index (χ1v) is 11.0. The smallest absolute Gasteiger partial charge is 0.242 e. The van der Waals surface area contributed by atoms with E-state index in [9.17, 15) is 9.59 Å². The zero-order valence-electron chi connectivity index (χ0n) is 18.9. The molecule has 162 valence electrons. The lowest BCUT2D eigenvalue weighted by Crippen LogP contribution is -2.46. The molecule has 1 aliphatic heterocycles. The molecule has 1 aliphatic rings. The number of carbonyl (C=O) groups excluding carboxylic acids is 2. The number of aryl methyl sites for hydroxylation is 1. The molecule has 0 aliphatic carbocycles. The van der Waals surface area contributed by atoms with Crippen LogP contribution >= 0.6 is 0 Å². The minimum atomic E-state index is 0.0281. The largest absolute Gasteiger partial charge is 0.343 e. The molecule has 0 saturated heterocycles. The monoisotopic (exact) mass is 417 g/mol. The molecule has 2 aromatic carbocycles. The van der Waals surface area contributed by atoms with Crippen molar-refractivity contribution in [3.63, 3.8) is 0 Å². The average molecular weight is 418 g/mol. The number of ketones is 1. The topological polar surface area (TPSA) is 45.6 Å². The van der Waals surface area contributed by atoms with Crippen molar-refractivity contribution in [3.8, 4) is 0 Å². The van der Waals surface area contributed by atoms with Crippen molar-refractivity contribution in [3.05, 3.63) is 70.9 Å². The summed E-state index contributed by atoms with van der Waals surface area (Å²) in [5.41, 5.74) is 5.59. The van der Waals surface area contributed by atoms with Crippen molar-refractivity contribution in [2.45, 2.75) is 45.8 Å². The van der Waals surface area contributed by atoms with Gasteiger partial charge in [0.15, 0.2) is 5.78 Å². The molecule has 0 fully saturated rings. The Hall–Kier alpha value is -2.92. The maximum Gasteiger partial charge on any atom is 0.242 e. The van der Waals surface area contributed by atoms with Crippen molar-refractivity contribution in [1.29, 1.82) is 0 Å². The molecule has 0 bridgehead atoms. The van der Waals surface area contributed by atoms with E-state index in [1.807, 2.05) is 34.8 Å². The molecule has 1 unspecified atom stereocenters. The molecule has 2 heterocycles. The summed E-state index contributed by atoms with van der Waals surface area (Å²) in [5.74, 6) is 0.0884. The second-order valence-corrected chi connectivity index (χ2v) is 8.71. The summed E-state index contributed by atoms with van der Waals surface area (Å²) in [5, 5.41) is 0.936. The van der Waals surface area contributed by atoms with Gasteiger partial charge in [-0.2, -0.15) is 0 Å². The minimum Gasteiger partial charge on any atom is -0.343 e. The van der Waals surface area contributed by atoms with Gasteiger partial charge in [-0.25, -0.2) is 0 Å². The normalized spacial score (nSPS) is 16.3. The van der Waals surface area contributed by atoms with Gasteiger partial charge in [-0.05, 0) is 43.5 Å². The van der Waals surface area contributed by atoms with Crippen LogP contribution in [0.15, 0.2) is 48.7 Å². The number of amides is 1. The maximum absolute atomic E-state index is 13.2. The van der Waals surface area contributed by atoms with E-state index in [-0.39, 0.29) is 18.2 Å². The summed E-state index contributed by atoms with van der Waals surface area (Å²) in [6.45, 7) is 5.52. The molecule has 1 atom stereocenters. The van der Waals surface area contributed by atoms with E-state index < -0.39 is 0 Å². The number of likely N-dealkylation sites (N-methyl/N-ethyl adjacent to an activating group) is 2. The standard InChI is InChI=1S/C26H31N3O2/c1-5-19-11-8-12-23-24(18(2)30)16-29(26(19)23)17-25(31)28(4)15-22-13-20-9-6-7-10-21(20)14-27(22)3/h6-12,16,22H,5,13-15,17H2,1-4H3. The molecule has 3 aromatic rings. The third kappa shape index (κ3) is 4.15. The minimum absolute atomic E-state index is 0.0281. The lowest BCUT2D eigenvalue weighted by atomic mass is 9.94. The van der Waals surface area contributed by atoms with Crippen LogP contribution in [0.4, 0.5) is 0 Å². The molecule has 5 heteroatoms. The number of rotatable bonds is 6. The van der Waals surface area contributed by atoms with Crippen LogP contribution in [0.3, 0.4) is 0 Å². The van der Waals surface area contributed by atoms with E-state index in [2.05, 4.69) is 49.2 Å².